The molecule has 0 fully saturated rings. The molecule has 118 valence electrons. The molecular formula is C19H19ClN2O. The molecule has 0 bridgehead atoms. The van der Waals surface area contributed by atoms with Gasteiger partial charge in [0.15, 0.2) is 0 Å². The highest BCUT2D eigenvalue weighted by molar-refractivity contribution is 5.98. The second-order valence-electron chi connectivity index (χ2n) is 5.64. The molecule has 0 spiro atoms. The van der Waals surface area contributed by atoms with Gasteiger partial charge in [0, 0.05) is 23.3 Å². The van der Waals surface area contributed by atoms with Gasteiger partial charge in [-0.1, -0.05) is 18.2 Å². The van der Waals surface area contributed by atoms with E-state index < -0.39 is 0 Å². The molecule has 4 rings (SSSR count). The summed E-state index contributed by atoms with van der Waals surface area (Å²) in [5.41, 5.74) is 6.03. The fourth-order valence-corrected chi connectivity index (χ4v) is 3.32. The smallest absolute Gasteiger partial charge is 0.119 e. The van der Waals surface area contributed by atoms with Gasteiger partial charge in [-0.25, -0.2) is 0 Å². The number of fused-ring (bicyclic) bond motifs is 3. The summed E-state index contributed by atoms with van der Waals surface area (Å²) in [5.74, 6) is 0.875. The zero-order valence-electron chi connectivity index (χ0n) is 13.2. The van der Waals surface area contributed by atoms with Crippen LogP contribution in [-0.2, 0) is 6.42 Å². The standard InChI is InChI=1S/C19H18N2O.ClH/c1-13-16-10-11-21(14-6-4-3-5-7-14)19(16)17-12-15(22-2)8-9-18(17)20-13;/h3-9,12H,10-11H2,1-2H3;1H. The molecule has 3 aromatic rings. The molecule has 4 heteroatoms. The monoisotopic (exact) mass is 326 g/mol. The normalized spacial score (nSPS) is 12.9. The molecule has 0 saturated carbocycles. The summed E-state index contributed by atoms with van der Waals surface area (Å²) in [5, 5.41) is 1.17. The maximum absolute atomic E-state index is 5.41. The third kappa shape index (κ3) is 2.51. The number of halogens is 1. The number of hydrogen-bond donors (Lipinski definition) is 0. The highest BCUT2D eigenvalue weighted by Crippen LogP contribution is 2.41. The first kappa shape index (κ1) is 15.6. The molecule has 3 nitrogen and oxygen atoms in total. The Balaban J connectivity index is 0.00000156. The Bertz CT molecular complexity index is 849. The number of nitrogens with zero attached hydrogens (tertiary/aromatic N) is 2. The zero-order chi connectivity index (χ0) is 15.1. The maximum Gasteiger partial charge on any atom is 0.119 e. The third-order valence-corrected chi connectivity index (χ3v) is 4.39. The largest absolute Gasteiger partial charge is 0.497 e. The SMILES string of the molecule is COc1ccc2nc(C)c3c(c2c1)N(c1ccccc1)CC3.Cl. The summed E-state index contributed by atoms with van der Waals surface area (Å²) >= 11 is 0. The number of ether oxygens (including phenoxy) is 1. The van der Waals surface area contributed by atoms with E-state index in [1.807, 2.05) is 12.1 Å². The molecule has 0 unspecified atom stereocenters. The van der Waals surface area contributed by atoms with E-state index >= 15 is 0 Å². The number of methoxy groups -OCH3 is 1. The Morgan fingerprint density at radius 2 is 1.87 bits per heavy atom. The fourth-order valence-electron chi connectivity index (χ4n) is 3.32. The van der Waals surface area contributed by atoms with E-state index in [9.17, 15) is 0 Å². The van der Waals surface area contributed by atoms with Crippen LogP contribution in [0.5, 0.6) is 5.75 Å². The number of aryl methyl sites for hydroxylation is 1. The van der Waals surface area contributed by atoms with E-state index in [0.29, 0.717) is 0 Å². The number of hydrogen-bond acceptors (Lipinski definition) is 3. The third-order valence-electron chi connectivity index (χ3n) is 4.39. The second kappa shape index (κ2) is 6.09. The Morgan fingerprint density at radius 3 is 2.61 bits per heavy atom. The van der Waals surface area contributed by atoms with Crippen LogP contribution in [0.4, 0.5) is 11.4 Å². The Labute approximate surface area is 142 Å². The van der Waals surface area contributed by atoms with Crippen molar-refractivity contribution in [3.8, 4) is 5.75 Å². The topological polar surface area (TPSA) is 25.4 Å². The molecule has 0 aliphatic carbocycles. The number of benzene rings is 2. The van der Waals surface area contributed by atoms with Crippen molar-refractivity contribution in [2.24, 2.45) is 0 Å². The lowest BCUT2D eigenvalue weighted by atomic mass is 10.1. The first-order chi connectivity index (χ1) is 10.8. The Kier molecular flexibility index (Phi) is 4.14. The van der Waals surface area contributed by atoms with Crippen molar-refractivity contribution >= 4 is 34.7 Å². The van der Waals surface area contributed by atoms with Crippen LogP contribution in [0.15, 0.2) is 48.5 Å². The molecule has 1 aliphatic heterocycles. The van der Waals surface area contributed by atoms with Gasteiger partial charge in [-0.05, 0) is 49.2 Å². The molecule has 2 heterocycles. The number of aromatic nitrogens is 1. The highest BCUT2D eigenvalue weighted by Gasteiger charge is 2.25. The van der Waals surface area contributed by atoms with Crippen molar-refractivity contribution in [3.05, 3.63) is 59.8 Å². The lowest BCUT2D eigenvalue weighted by molar-refractivity contribution is 0.415. The van der Waals surface area contributed by atoms with Gasteiger partial charge < -0.3 is 9.64 Å². The average molecular weight is 327 g/mol. The van der Waals surface area contributed by atoms with Crippen molar-refractivity contribution in [1.29, 1.82) is 0 Å². The molecule has 0 radical (unpaired) electrons. The minimum absolute atomic E-state index is 0. The van der Waals surface area contributed by atoms with Gasteiger partial charge in [0.05, 0.1) is 18.3 Å². The summed E-state index contributed by atoms with van der Waals surface area (Å²) in [4.78, 5) is 7.16. The van der Waals surface area contributed by atoms with Crippen LogP contribution < -0.4 is 9.64 Å². The van der Waals surface area contributed by atoms with Gasteiger partial charge in [0.1, 0.15) is 5.75 Å². The predicted molar refractivity (Wildman–Crippen MR) is 97.4 cm³/mol. The van der Waals surface area contributed by atoms with Crippen LogP contribution in [0.1, 0.15) is 11.3 Å². The number of pyridine rings is 1. The van der Waals surface area contributed by atoms with Gasteiger partial charge in [0.2, 0.25) is 0 Å². The predicted octanol–water partition coefficient (Wildman–Crippen LogP) is 4.67. The lowest BCUT2D eigenvalue weighted by Gasteiger charge is -2.21. The van der Waals surface area contributed by atoms with E-state index in [4.69, 9.17) is 9.72 Å². The van der Waals surface area contributed by atoms with Crippen molar-refractivity contribution in [2.75, 3.05) is 18.6 Å². The molecule has 2 aromatic carbocycles. The van der Waals surface area contributed by atoms with Gasteiger partial charge in [-0.15, -0.1) is 12.4 Å². The minimum atomic E-state index is 0. The lowest BCUT2D eigenvalue weighted by Crippen LogP contribution is -2.13. The van der Waals surface area contributed by atoms with Crippen LogP contribution >= 0.6 is 12.4 Å². The average Bonchev–Trinajstić information content (AvgIpc) is 3.01. The molecule has 0 atom stereocenters. The minimum Gasteiger partial charge on any atom is -0.497 e. The van der Waals surface area contributed by atoms with Gasteiger partial charge in [0.25, 0.3) is 0 Å². The zero-order valence-corrected chi connectivity index (χ0v) is 14.1. The van der Waals surface area contributed by atoms with Crippen LogP contribution in [-0.4, -0.2) is 18.6 Å². The summed E-state index contributed by atoms with van der Waals surface area (Å²) in [7, 11) is 1.71. The van der Waals surface area contributed by atoms with Crippen molar-refractivity contribution in [2.45, 2.75) is 13.3 Å². The fraction of sp³-hybridized carbons (Fsp3) is 0.211. The van der Waals surface area contributed by atoms with Crippen molar-refractivity contribution in [1.82, 2.24) is 4.98 Å². The first-order valence-electron chi connectivity index (χ1n) is 7.58. The Hall–Kier alpha value is -2.26. The molecule has 0 amide bonds. The van der Waals surface area contributed by atoms with Crippen molar-refractivity contribution < 1.29 is 4.74 Å². The molecule has 1 aliphatic rings. The summed E-state index contributed by atoms with van der Waals surface area (Å²) in [6, 6.07) is 16.7. The second-order valence-corrected chi connectivity index (χ2v) is 5.64. The van der Waals surface area contributed by atoms with Crippen molar-refractivity contribution in [3.63, 3.8) is 0 Å². The molecular weight excluding hydrogens is 308 g/mol. The number of rotatable bonds is 2. The highest BCUT2D eigenvalue weighted by atomic mass is 35.5. The molecule has 23 heavy (non-hydrogen) atoms. The van der Waals surface area contributed by atoms with E-state index in [1.165, 1.54) is 22.3 Å². The van der Waals surface area contributed by atoms with E-state index in [1.54, 1.807) is 7.11 Å². The maximum atomic E-state index is 5.41. The van der Waals surface area contributed by atoms with E-state index in [0.717, 1.165) is 29.9 Å². The number of anilines is 2. The van der Waals surface area contributed by atoms with Crippen LogP contribution in [0, 0.1) is 6.92 Å². The van der Waals surface area contributed by atoms with Crippen LogP contribution in [0.3, 0.4) is 0 Å². The number of para-hydroxylation sites is 1. The summed E-state index contributed by atoms with van der Waals surface area (Å²) < 4.78 is 5.41. The van der Waals surface area contributed by atoms with Crippen LogP contribution in [0.25, 0.3) is 10.9 Å². The Morgan fingerprint density at radius 1 is 1.09 bits per heavy atom. The van der Waals surface area contributed by atoms with Gasteiger partial charge >= 0.3 is 0 Å². The quantitative estimate of drug-likeness (QED) is 0.684. The van der Waals surface area contributed by atoms with Gasteiger partial charge in [-0.2, -0.15) is 0 Å². The molecule has 0 N–H and O–H groups in total. The van der Waals surface area contributed by atoms with Gasteiger partial charge in [-0.3, -0.25) is 4.98 Å². The molecule has 1 aromatic heterocycles. The summed E-state index contributed by atoms with van der Waals surface area (Å²) in [6.45, 7) is 3.11. The summed E-state index contributed by atoms with van der Waals surface area (Å²) in [6.07, 6.45) is 1.04. The van der Waals surface area contributed by atoms with E-state index in [-0.39, 0.29) is 12.4 Å². The molecule has 0 saturated heterocycles. The first-order valence-corrected chi connectivity index (χ1v) is 7.58. The van der Waals surface area contributed by atoms with Crippen LogP contribution in [0.2, 0.25) is 0 Å². The van der Waals surface area contributed by atoms with E-state index in [2.05, 4.69) is 48.2 Å².